The Balaban J connectivity index is 1.83. The lowest BCUT2D eigenvalue weighted by molar-refractivity contribution is -0.137. The van der Waals surface area contributed by atoms with Crippen molar-refractivity contribution in [2.45, 2.75) is 71.8 Å². The van der Waals surface area contributed by atoms with Crippen LogP contribution in [0.3, 0.4) is 0 Å². The molecule has 0 aromatic carbocycles. The molecule has 0 aliphatic heterocycles. The van der Waals surface area contributed by atoms with Gasteiger partial charge < -0.3 is 0 Å². The summed E-state index contributed by atoms with van der Waals surface area (Å²) in [6, 6.07) is 0.173. The van der Waals surface area contributed by atoms with Gasteiger partial charge in [0.25, 0.3) is 0 Å². The van der Waals surface area contributed by atoms with Crippen molar-refractivity contribution in [2.24, 2.45) is 18.4 Å². The third kappa shape index (κ3) is 2.21. The first-order chi connectivity index (χ1) is 12.2. The Labute approximate surface area is 154 Å². The van der Waals surface area contributed by atoms with E-state index in [2.05, 4.69) is 36.2 Å². The number of aromatic nitrogens is 6. The average Bonchev–Trinajstić information content (AvgIpc) is 3.16. The molecule has 0 saturated heterocycles. The highest BCUT2D eigenvalue weighted by atomic mass is 16.1. The number of ketones is 1. The van der Waals surface area contributed by atoms with E-state index in [9.17, 15) is 4.79 Å². The predicted octanol–water partition coefficient (Wildman–Crippen LogP) is 2.86. The fraction of sp³-hybridized carbons (Fsp3) is 0.737. The van der Waals surface area contributed by atoms with Gasteiger partial charge >= 0.3 is 0 Å². The van der Waals surface area contributed by atoms with Crippen LogP contribution in [-0.4, -0.2) is 35.8 Å². The molecule has 0 bridgehead atoms. The molecule has 2 aromatic rings. The Kier molecular flexibility index (Phi) is 3.66. The highest BCUT2D eigenvalue weighted by molar-refractivity contribution is 5.86. The highest BCUT2D eigenvalue weighted by Crippen LogP contribution is 2.56. The maximum absolute atomic E-state index is 12.5. The summed E-state index contributed by atoms with van der Waals surface area (Å²) in [6.45, 7) is 10.6. The number of rotatable bonds is 2. The lowest BCUT2D eigenvalue weighted by Crippen LogP contribution is -2.52. The highest BCUT2D eigenvalue weighted by Gasteiger charge is 2.55. The van der Waals surface area contributed by atoms with Crippen molar-refractivity contribution < 1.29 is 4.79 Å². The maximum atomic E-state index is 12.5. The molecule has 0 amide bonds. The van der Waals surface area contributed by atoms with E-state index in [4.69, 9.17) is 5.10 Å². The van der Waals surface area contributed by atoms with Crippen LogP contribution >= 0.6 is 0 Å². The molecule has 7 heteroatoms. The molecule has 26 heavy (non-hydrogen) atoms. The van der Waals surface area contributed by atoms with Crippen molar-refractivity contribution in [3.05, 3.63) is 11.3 Å². The molecule has 0 radical (unpaired) electrons. The molecule has 1 fully saturated rings. The number of aryl methyl sites for hydroxylation is 1. The number of hydrogen-bond acceptors (Lipinski definition) is 5. The van der Waals surface area contributed by atoms with Crippen LogP contribution in [0.2, 0.25) is 0 Å². The van der Waals surface area contributed by atoms with E-state index in [0.29, 0.717) is 23.9 Å². The van der Waals surface area contributed by atoms with E-state index < -0.39 is 0 Å². The van der Waals surface area contributed by atoms with Gasteiger partial charge in [-0.3, -0.25) is 9.48 Å². The van der Waals surface area contributed by atoms with E-state index in [1.807, 2.05) is 25.6 Å². The van der Waals surface area contributed by atoms with E-state index in [-0.39, 0.29) is 16.9 Å². The third-order valence-corrected chi connectivity index (χ3v) is 6.70. The number of carbonyl (C=O) groups excluding carboxylic acids is 1. The molecule has 140 valence electrons. The minimum Gasteiger partial charge on any atom is -0.299 e. The molecule has 0 N–H and O–H groups in total. The lowest BCUT2D eigenvalue weighted by atomic mass is 9.51. The number of hydrogen-bond donors (Lipinski definition) is 0. The Bertz CT molecular complexity index is 877. The Morgan fingerprint density at radius 3 is 2.54 bits per heavy atom. The minimum absolute atomic E-state index is 0.0744. The summed E-state index contributed by atoms with van der Waals surface area (Å²) < 4.78 is 1.91. The quantitative estimate of drug-likeness (QED) is 0.827. The first kappa shape index (κ1) is 17.4. The molecule has 0 unspecified atom stereocenters. The van der Waals surface area contributed by atoms with E-state index >= 15 is 0 Å². The monoisotopic (exact) mass is 356 g/mol. The van der Waals surface area contributed by atoms with Gasteiger partial charge in [-0.2, -0.15) is 9.90 Å². The van der Waals surface area contributed by atoms with Gasteiger partial charge in [-0.15, -0.1) is 10.2 Å². The molecule has 2 aromatic heterocycles. The lowest BCUT2D eigenvalue weighted by Gasteiger charge is -2.51. The van der Waals surface area contributed by atoms with Gasteiger partial charge in [0.15, 0.2) is 0 Å². The van der Waals surface area contributed by atoms with Crippen LogP contribution in [0.5, 0.6) is 0 Å². The van der Waals surface area contributed by atoms with Crippen LogP contribution in [0.25, 0.3) is 11.5 Å². The summed E-state index contributed by atoms with van der Waals surface area (Å²) in [7, 11) is 1.96. The first-order valence-electron chi connectivity index (χ1n) is 9.55. The molecular formula is C19H28N6O. The summed E-state index contributed by atoms with van der Waals surface area (Å²) in [6.07, 6.45) is 3.41. The minimum atomic E-state index is -0.290. The SMILES string of the molecule is CC(C)n1nnc(-c2c3c(nn2C)[C@@]2(C)CCC(=O)C(C)(C)[C@@H]2CC3)n1. The molecule has 0 spiro atoms. The molecule has 2 aliphatic rings. The molecular weight excluding hydrogens is 328 g/mol. The van der Waals surface area contributed by atoms with Crippen molar-refractivity contribution in [3.8, 4) is 11.5 Å². The fourth-order valence-electron chi connectivity index (χ4n) is 5.19. The van der Waals surface area contributed by atoms with E-state index in [0.717, 1.165) is 30.7 Å². The second-order valence-electron chi connectivity index (χ2n) is 8.98. The summed E-state index contributed by atoms with van der Waals surface area (Å²) in [5, 5.41) is 18.0. The Morgan fingerprint density at radius 1 is 1.15 bits per heavy atom. The second-order valence-corrected chi connectivity index (χ2v) is 8.98. The summed E-state index contributed by atoms with van der Waals surface area (Å²) >= 11 is 0. The molecule has 2 heterocycles. The fourth-order valence-corrected chi connectivity index (χ4v) is 5.19. The summed E-state index contributed by atoms with van der Waals surface area (Å²) in [5.41, 5.74) is 2.98. The number of fused-ring (bicyclic) bond motifs is 3. The van der Waals surface area contributed by atoms with Gasteiger partial charge in [-0.1, -0.05) is 20.8 Å². The molecule has 4 rings (SSSR count). The summed E-state index contributed by atoms with van der Waals surface area (Å²) in [4.78, 5) is 14.2. The van der Waals surface area contributed by atoms with Gasteiger partial charge in [0, 0.05) is 29.9 Å². The Morgan fingerprint density at radius 2 is 1.88 bits per heavy atom. The van der Waals surface area contributed by atoms with Gasteiger partial charge in [-0.05, 0) is 44.2 Å². The molecule has 2 aliphatic carbocycles. The molecule has 1 saturated carbocycles. The number of nitrogens with zero attached hydrogens (tertiary/aromatic N) is 6. The predicted molar refractivity (Wildman–Crippen MR) is 97.6 cm³/mol. The maximum Gasteiger partial charge on any atom is 0.223 e. The molecule has 7 nitrogen and oxygen atoms in total. The van der Waals surface area contributed by atoms with E-state index in [1.54, 1.807) is 4.80 Å². The van der Waals surface area contributed by atoms with Crippen LogP contribution < -0.4 is 0 Å². The smallest absolute Gasteiger partial charge is 0.223 e. The van der Waals surface area contributed by atoms with Crippen LogP contribution in [0, 0.1) is 11.3 Å². The summed E-state index contributed by atoms with van der Waals surface area (Å²) in [5.74, 6) is 1.36. The Hall–Kier alpha value is -2.05. The van der Waals surface area contributed by atoms with E-state index in [1.165, 1.54) is 5.56 Å². The zero-order valence-corrected chi connectivity index (χ0v) is 16.6. The van der Waals surface area contributed by atoms with Crippen LogP contribution in [0.4, 0.5) is 0 Å². The average molecular weight is 356 g/mol. The first-order valence-corrected chi connectivity index (χ1v) is 9.55. The topological polar surface area (TPSA) is 78.5 Å². The zero-order valence-electron chi connectivity index (χ0n) is 16.6. The number of carbonyl (C=O) groups is 1. The van der Waals surface area contributed by atoms with Crippen LogP contribution in [0.1, 0.15) is 71.2 Å². The van der Waals surface area contributed by atoms with Gasteiger partial charge in [0.05, 0.1) is 11.7 Å². The largest absolute Gasteiger partial charge is 0.299 e. The van der Waals surface area contributed by atoms with Gasteiger partial charge in [0.1, 0.15) is 11.5 Å². The van der Waals surface area contributed by atoms with Crippen molar-refractivity contribution in [1.29, 1.82) is 0 Å². The standard InChI is InChI=1S/C19H28N6O/c1-11(2)25-22-17(20-23-25)15-12-7-8-13-18(3,4)14(26)9-10-19(13,5)16(12)21-24(15)6/h11,13H,7-10H2,1-6H3/t13-,19-/m0/s1. The zero-order chi connectivity index (χ0) is 18.9. The van der Waals surface area contributed by atoms with Crippen molar-refractivity contribution in [3.63, 3.8) is 0 Å². The number of Topliss-reactive ketones (excluding diaryl/α,β-unsaturated/α-hetero) is 1. The second kappa shape index (κ2) is 5.47. The van der Waals surface area contributed by atoms with Crippen molar-refractivity contribution >= 4 is 5.78 Å². The normalized spacial score (nSPS) is 27.5. The van der Waals surface area contributed by atoms with Crippen LogP contribution in [-0.2, 0) is 23.7 Å². The third-order valence-electron chi connectivity index (χ3n) is 6.70. The van der Waals surface area contributed by atoms with Crippen LogP contribution in [0.15, 0.2) is 0 Å². The van der Waals surface area contributed by atoms with Crippen molar-refractivity contribution in [1.82, 2.24) is 30.0 Å². The molecule has 2 atom stereocenters. The number of tetrazole rings is 1. The van der Waals surface area contributed by atoms with Gasteiger partial charge in [-0.25, -0.2) is 0 Å². The van der Waals surface area contributed by atoms with Gasteiger partial charge in [0.2, 0.25) is 5.82 Å². The van der Waals surface area contributed by atoms with Crippen molar-refractivity contribution in [2.75, 3.05) is 0 Å².